The molecule has 7 nitrogen and oxygen atoms in total. The van der Waals surface area contributed by atoms with E-state index >= 15 is 0 Å². The third-order valence-electron chi connectivity index (χ3n) is 2.82. The maximum Gasteiger partial charge on any atom is 0.328 e. The van der Waals surface area contributed by atoms with Crippen LogP contribution in [0.4, 0.5) is 0 Å². The van der Waals surface area contributed by atoms with Crippen LogP contribution in [0.2, 0.25) is 0 Å². The van der Waals surface area contributed by atoms with E-state index in [1.807, 2.05) is 18.2 Å². The molecule has 1 rings (SSSR count). The van der Waals surface area contributed by atoms with E-state index in [1.165, 1.54) is 7.11 Å². The Balaban J connectivity index is 0.00000441. The van der Waals surface area contributed by atoms with Crippen molar-refractivity contribution in [3.05, 3.63) is 35.9 Å². The molecule has 4 N–H and O–H groups in total. The van der Waals surface area contributed by atoms with Gasteiger partial charge < -0.3 is 20.9 Å². The van der Waals surface area contributed by atoms with E-state index in [9.17, 15) is 14.4 Å². The number of esters is 1. The fourth-order valence-electron chi connectivity index (χ4n) is 1.74. The largest absolute Gasteiger partial charge is 0.481 e. The lowest BCUT2D eigenvalue weighted by atomic mass is 10.1. The van der Waals surface area contributed by atoms with Crippen molar-refractivity contribution < 1.29 is 24.2 Å². The number of nitrogens with two attached hydrogens (primary N) is 1. The Bertz CT molecular complexity index is 509. The highest BCUT2D eigenvalue weighted by Gasteiger charge is 2.25. The molecule has 0 bridgehead atoms. The summed E-state index contributed by atoms with van der Waals surface area (Å²) in [7, 11) is 1.21. The van der Waals surface area contributed by atoms with Crippen molar-refractivity contribution in [1.29, 1.82) is 0 Å². The number of rotatable bonds is 7. The van der Waals surface area contributed by atoms with Crippen LogP contribution in [0, 0.1) is 0 Å². The molecule has 0 radical (unpaired) electrons. The van der Waals surface area contributed by atoms with E-state index in [4.69, 9.17) is 10.8 Å². The van der Waals surface area contributed by atoms with Crippen molar-refractivity contribution in [2.45, 2.75) is 24.9 Å². The first kappa shape index (κ1) is 19.9. The van der Waals surface area contributed by atoms with Gasteiger partial charge in [0, 0.05) is 6.42 Å². The van der Waals surface area contributed by atoms with Gasteiger partial charge in [-0.05, 0) is 5.56 Å². The van der Waals surface area contributed by atoms with Crippen LogP contribution in [0.15, 0.2) is 30.3 Å². The lowest BCUT2D eigenvalue weighted by Crippen LogP contribution is -2.50. The number of hydrogen-bond donors (Lipinski definition) is 3. The number of carbonyl (C=O) groups excluding carboxylic acids is 2. The Morgan fingerprint density at radius 2 is 1.86 bits per heavy atom. The van der Waals surface area contributed by atoms with Gasteiger partial charge in [0.2, 0.25) is 5.91 Å². The second-order valence-corrected chi connectivity index (χ2v) is 4.48. The standard InChI is InChI=1S/C14H18N2O5.ClH/c1-21-14(20)11(7-9-5-3-2-4-6-9)16-13(19)10(15)8-12(17)18;/h2-6,10-11H,7-8,15H2,1H3,(H,16,19)(H,17,18);1H. The average molecular weight is 331 g/mol. The van der Waals surface area contributed by atoms with Gasteiger partial charge >= 0.3 is 11.9 Å². The van der Waals surface area contributed by atoms with Crippen molar-refractivity contribution in [2.75, 3.05) is 7.11 Å². The number of amides is 1. The molecule has 1 aromatic carbocycles. The summed E-state index contributed by atoms with van der Waals surface area (Å²) < 4.78 is 4.64. The highest BCUT2D eigenvalue weighted by Crippen LogP contribution is 2.05. The number of aliphatic carboxylic acids is 1. The summed E-state index contributed by atoms with van der Waals surface area (Å²) in [5.41, 5.74) is 6.29. The van der Waals surface area contributed by atoms with Gasteiger partial charge in [-0.3, -0.25) is 9.59 Å². The number of methoxy groups -OCH3 is 1. The molecule has 0 fully saturated rings. The molecular formula is C14H19ClN2O5. The van der Waals surface area contributed by atoms with Gasteiger partial charge in [0.25, 0.3) is 0 Å². The van der Waals surface area contributed by atoms with Gasteiger partial charge in [-0.1, -0.05) is 30.3 Å². The van der Waals surface area contributed by atoms with Crippen molar-refractivity contribution in [3.8, 4) is 0 Å². The first-order valence-electron chi connectivity index (χ1n) is 6.33. The Kier molecular flexibility index (Phi) is 8.81. The van der Waals surface area contributed by atoms with E-state index < -0.39 is 36.4 Å². The quantitative estimate of drug-likeness (QED) is 0.611. The lowest BCUT2D eigenvalue weighted by molar-refractivity contribution is -0.145. The molecule has 0 saturated carbocycles. The van der Waals surface area contributed by atoms with Crippen LogP contribution in [0.5, 0.6) is 0 Å². The minimum atomic E-state index is -1.22. The molecule has 8 heteroatoms. The highest BCUT2D eigenvalue weighted by atomic mass is 35.5. The molecular weight excluding hydrogens is 312 g/mol. The zero-order valence-electron chi connectivity index (χ0n) is 12.0. The van der Waals surface area contributed by atoms with Gasteiger partial charge in [-0.15, -0.1) is 12.4 Å². The molecule has 0 heterocycles. The Morgan fingerprint density at radius 1 is 1.27 bits per heavy atom. The monoisotopic (exact) mass is 330 g/mol. The number of carboxylic acids is 1. The Hall–Kier alpha value is -2.12. The van der Waals surface area contributed by atoms with E-state index in [0.29, 0.717) is 0 Å². The molecule has 1 aromatic rings. The van der Waals surface area contributed by atoms with Crippen LogP contribution in [0.3, 0.4) is 0 Å². The molecule has 2 unspecified atom stereocenters. The summed E-state index contributed by atoms with van der Waals surface area (Å²) in [6.45, 7) is 0. The topological polar surface area (TPSA) is 119 Å². The predicted octanol–water partition coefficient (Wildman–Crippen LogP) is 0.111. The fourth-order valence-corrected chi connectivity index (χ4v) is 1.74. The molecule has 1 amide bonds. The summed E-state index contributed by atoms with van der Waals surface area (Å²) in [5, 5.41) is 11.0. The molecule has 0 aliphatic heterocycles. The molecule has 2 atom stereocenters. The van der Waals surface area contributed by atoms with E-state index in [1.54, 1.807) is 12.1 Å². The van der Waals surface area contributed by atoms with E-state index in [2.05, 4.69) is 10.1 Å². The number of carbonyl (C=O) groups is 3. The average Bonchev–Trinajstić information content (AvgIpc) is 2.46. The lowest BCUT2D eigenvalue weighted by Gasteiger charge is -2.18. The third kappa shape index (κ3) is 6.55. The SMILES string of the molecule is COC(=O)C(Cc1ccccc1)NC(=O)C(N)CC(=O)O.Cl. The highest BCUT2D eigenvalue weighted by molar-refractivity contribution is 5.89. The Labute approximate surface area is 134 Å². The van der Waals surface area contributed by atoms with Crippen LogP contribution in [-0.2, 0) is 25.5 Å². The molecule has 22 heavy (non-hydrogen) atoms. The second-order valence-electron chi connectivity index (χ2n) is 4.48. The van der Waals surface area contributed by atoms with E-state index in [0.717, 1.165) is 5.56 Å². The fraction of sp³-hybridized carbons (Fsp3) is 0.357. The number of hydrogen-bond acceptors (Lipinski definition) is 5. The van der Waals surface area contributed by atoms with Gasteiger partial charge in [0.15, 0.2) is 0 Å². The minimum Gasteiger partial charge on any atom is -0.481 e. The third-order valence-corrected chi connectivity index (χ3v) is 2.82. The van der Waals surface area contributed by atoms with Crippen molar-refractivity contribution in [2.24, 2.45) is 5.73 Å². The summed E-state index contributed by atoms with van der Waals surface area (Å²) in [5.74, 6) is -2.51. The van der Waals surface area contributed by atoms with Crippen molar-refractivity contribution in [3.63, 3.8) is 0 Å². The number of carboxylic acid groups (broad SMARTS) is 1. The van der Waals surface area contributed by atoms with Crippen molar-refractivity contribution >= 4 is 30.3 Å². The maximum absolute atomic E-state index is 11.8. The Morgan fingerprint density at radius 3 is 2.36 bits per heavy atom. The van der Waals surface area contributed by atoms with Gasteiger partial charge in [0.1, 0.15) is 6.04 Å². The summed E-state index contributed by atoms with van der Waals surface area (Å²) >= 11 is 0. The van der Waals surface area contributed by atoms with Crippen LogP contribution in [-0.4, -0.2) is 42.1 Å². The van der Waals surface area contributed by atoms with Gasteiger partial charge in [-0.25, -0.2) is 4.79 Å². The molecule has 122 valence electrons. The molecule has 0 aliphatic rings. The zero-order chi connectivity index (χ0) is 15.8. The normalized spacial score (nSPS) is 12.5. The number of benzene rings is 1. The maximum atomic E-state index is 11.8. The first-order valence-corrected chi connectivity index (χ1v) is 6.33. The van der Waals surface area contributed by atoms with Crippen LogP contribution >= 0.6 is 12.4 Å². The molecule has 0 saturated heterocycles. The minimum absolute atomic E-state index is 0. The van der Waals surface area contributed by atoms with Crippen LogP contribution in [0.25, 0.3) is 0 Å². The molecule has 0 aliphatic carbocycles. The van der Waals surface area contributed by atoms with Gasteiger partial charge in [0.05, 0.1) is 19.6 Å². The second kappa shape index (κ2) is 9.75. The van der Waals surface area contributed by atoms with Crippen LogP contribution < -0.4 is 11.1 Å². The summed E-state index contributed by atoms with van der Waals surface area (Å²) in [6.07, 6.45) is -0.274. The number of halogens is 1. The zero-order valence-corrected chi connectivity index (χ0v) is 12.8. The first-order chi connectivity index (χ1) is 9.93. The number of ether oxygens (including phenoxy) is 1. The number of nitrogens with one attached hydrogen (secondary N) is 1. The summed E-state index contributed by atoms with van der Waals surface area (Å²) in [4.78, 5) is 34.0. The van der Waals surface area contributed by atoms with Gasteiger partial charge in [-0.2, -0.15) is 0 Å². The van der Waals surface area contributed by atoms with Crippen LogP contribution in [0.1, 0.15) is 12.0 Å². The molecule has 0 spiro atoms. The molecule has 0 aromatic heterocycles. The van der Waals surface area contributed by atoms with E-state index in [-0.39, 0.29) is 18.8 Å². The predicted molar refractivity (Wildman–Crippen MR) is 81.6 cm³/mol. The smallest absolute Gasteiger partial charge is 0.328 e. The summed E-state index contributed by atoms with van der Waals surface area (Å²) in [6, 6.07) is 6.93. The van der Waals surface area contributed by atoms with Crippen molar-refractivity contribution in [1.82, 2.24) is 5.32 Å².